The predicted molar refractivity (Wildman–Crippen MR) is 103 cm³/mol. The molecule has 28 heavy (non-hydrogen) atoms. The predicted octanol–water partition coefficient (Wildman–Crippen LogP) is 4.26. The van der Waals surface area contributed by atoms with Gasteiger partial charge in [-0.05, 0) is 57.5 Å². The Hall–Kier alpha value is -3.16. The van der Waals surface area contributed by atoms with Gasteiger partial charge in [0.15, 0.2) is 0 Å². The summed E-state index contributed by atoms with van der Waals surface area (Å²) in [6, 6.07) is 8.84. The molecule has 2 amide bonds. The number of pyridine rings is 1. The van der Waals surface area contributed by atoms with E-state index in [-0.39, 0.29) is 18.1 Å². The summed E-state index contributed by atoms with van der Waals surface area (Å²) in [7, 11) is 0. The number of anilines is 1. The Morgan fingerprint density at radius 3 is 2.43 bits per heavy atom. The molecule has 2 rings (SSSR count). The van der Waals surface area contributed by atoms with Crippen LogP contribution in [-0.2, 0) is 9.53 Å². The highest BCUT2D eigenvalue weighted by molar-refractivity contribution is 5.90. The van der Waals surface area contributed by atoms with Gasteiger partial charge in [-0.1, -0.05) is 0 Å². The van der Waals surface area contributed by atoms with Crippen molar-refractivity contribution in [1.82, 2.24) is 10.3 Å². The number of hydrogen-bond donors (Lipinski definition) is 2. The van der Waals surface area contributed by atoms with Crippen LogP contribution >= 0.6 is 0 Å². The van der Waals surface area contributed by atoms with Gasteiger partial charge in [0.25, 0.3) is 0 Å². The van der Waals surface area contributed by atoms with Gasteiger partial charge in [0.05, 0.1) is 11.9 Å². The maximum atomic E-state index is 12.9. The normalized spacial score (nSPS) is 10.9. The summed E-state index contributed by atoms with van der Waals surface area (Å²) < 4.78 is 23.5. The third kappa shape index (κ3) is 8.03. The van der Waals surface area contributed by atoms with E-state index in [1.165, 1.54) is 30.5 Å². The number of alkyl carbamates (subject to hydrolysis) is 1. The summed E-state index contributed by atoms with van der Waals surface area (Å²) >= 11 is 0. The molecule has 2 N–H and O–H groups in total. The van der Waals surface area contributed by atoms with Gasteiger partial charge in [-0.15, -0.1) is 0 Å². The molecule has 0 aliphatic rings. The molecule has 0 bridgehead atoms. The molecule has 7 nitrogen and oxygen atoms in total. The molecule has 0 radical (unpaired) electrons. The number of carbonyl (C=O) groups excluding carboxylic acids is 2. The molecule has 0 unspecified atom stereocenters. The van der Waals surface area contributed by atoms with E-state index in [4.69, 9.17) is 9.47 Å². The topological polar surface area (TPSA) is 89.5 Å². The minimum Gasteiger partial charge on any atom is -0.444 e. The van der Waals surface area contributed by atoms with Crippen LogP contribution < -0.4 is 15.4 Å². The van der Waals surface area contributed by atoms with Crippen molar-refractivity contribution in [2.75, 3.05) is 11.9 Å². The minimum atomic E-state index is -0.555. The van der Waals surface area contributed by atoms with Gasteiger partial charge in [-0.2, -0.15) is 0 Å². The third-order valence-electron chi connectivity index (χ3n) is 3.30. The Morgan fingerprint density at radius 1 is 1.11 bits per heavy atom. The van der Waals surface area contributed by atoms with Crippen LogP contribution in [-0.4, -0.2) is 29.1 Å². The summed E-state index contributed by atoms with van der Waals surface area (Å²) in [4.78, 5) is 27.5. The first kappa shape index (κ1) is 21.1. The van der Waals surface area contributed by atoms with Crippen LogP contribution in [0.3, 0.4) is 0 Å². The van der Waals surface area contributed by atoms with Crippen LogP contribution in [0.1, 0.15) is 33.6 Å². The average molecular weight is 389 g/mol. The molecule has 0 saturated carbocycles. The molecule has 0 fully saturated rings. The summed E-state index contributed by atoms with van der Waals surface area (Å²) in [5.74, 6) is 0.244. The van der Waals surface area contributed by atoms with Crippen LogP contribution in [0.2, 0.25) is 0 Å². The van der Waals surface area contributed by atoms with Gasteiger partial charge in [-0.3, -0.25) is 4.79 Å². The third-order valence-corrected chi connectivity index (χ3v) is 3.30. The van der Waals surface area contributed by atoms with E-state index in [9.17, 15) is 14.0 Å². The highest BCUT2D eigenvalue weighted by Crippen LogP contribution is 2.20. The smallest absolute Gasteiger partial charge is 0.407 e. The molecule has 0 spiro atoms. The number of halogens is 1. The van der Waals surface area contributed by atoms with Crippen molar-refractivity contribution in [2.45, 2.75) is 39.2 Å². The molecule has 2 aromatic rings. The van der Waals surface area contributed by atoms with Crippen molar-refractivity contribution in [3.05, 3.63) is 48.4 Å². The number of rotatable bonds is 7. The zero-order chi connectivity index (χ0) is 20.6. The van der Waals surface area contributed by atoms with Crippen LogP contribution in [0.5, 0.6) is 11.6 Å². The lowest BCUT2D eigenvalue weighted by Gasteiger charge is -2.19. The highest BCUT2D eigenvalue weighted by Gasteiger charge is 2.15. The van der Waals surface area contributed by atoms with E-state index in [0.29, 0.717) is 30.3 Å². The van der Waals surface area contributed by atoms with Gasteiger partial charge in [0.1, 0.15) is 17.2 Å². The monoisotopic (exact) mass is 389 g/mol. The van der Waals surface area contributed by atoms with Gasteiger partial charge in [-0.25, -0.2) is 14.2 Å². The maximum absolute atomic E-state index is 12.9. The van der Waals surface area contributed by atoms with E-state index in [2.05, 4.69) is 15.6 Å². The zero-order valence-corrected chi connectivity index (χ0v) is 16.1. The fourth-order valence-electron chi connectivity index (χ4n) is 2.12. The summed E-state index contributed by atoms with van der Waals surface area (Å²) in [6.07, 6.45) is 1.68. The lowest BCUT2D eigenvalue weighted by molar-refractivity contribution is -0.116. The van der Waals surface area contributed by atoms with Gasteiger partial charge in [0, 0.05) is 19.0 Å². The molecule has 1 heterocycles. The molecular weight excluding hydrogens is 365 g/mol. The zero-order valence-electron chi connectivity index (χ0n) is 16.1. The number of carbonyl (C=O) groups is 2. The molecule has 1 aromatic heterocycles. The van der Waals surface area contributed by atoms with E-state index in [1.807, 2.05) is 0 Å². The fourth-order valence-corrected chi connectivity index (χ4v) is 2.12. The van der Waals surface area contributed by atoms with Gasteiger partial charge in [0.2, 0.25) is 11.8 Å². The molecule has 150 valence electrons. The molecule has 0 atom stereocenters. The van der Waals surface area contributed by atoms with E-state index in [0.717, 1.165) is 0 Å². The SMILES string of the molecule is CC(C)(C)OC(=O)NCCCC(=O)Nc1ccc(Oc2ccc(F)cc2)nc1. The van der Waals surface area contributed by atoms with Crippen LogP contribution in [0.25, 0.3) is 0 Å². The first-order valence-corrected chi connectivity index (χ1v) is 8.87. The number of nitrogens with zero attached hydrogens (tertiary/aromatic N) is 1. The highest BCUT2D eigenvalue weighted by atomic mass is 19.1. The van der Waals surface area contributed by atoms with Gasteiger partial charge >= 0.3 is 6.09 Å². The number of hydrogen-bond acceptors (Lipinski definition) is 5. The second kappa shape index (κ2) is 9.68. The summed E-state index contributed by atoms with van der Waals surface area (Å²) in [5.41, 5.74) is -0.0299. The number of ether oxygens (including phenoxy) is 2. The number of benzene rings is 1. The standard InChI is InChI=1S/C20H24FN3O4/c1-20(2,3)28-19(26)22-12-4-5-17(25)24-15-8-11-18(23-13-15)27-16-9-6-14(21)7-10-16/h6-11,13H,4-5,12H2,1-3H3,(H,22,26)(H,24,25). The molecule has 0 aliphatic heterocycles. The number of aromatic nitrogens is 1. The Morgan fingerprint density at radius 2 is 1.82 bits per heavy atom. The van der Waals surface area contributed by atoms with Crippen molar-refractivity contribution >= 4 is 17.7 Å². The minimum absolute atomic E-state index is 0.194. The molecule has 1 aromatic carbocycles. The van der Waals surface area contributed by atoms with Crippen molar-refractivity contribution < 1.29 is 23.5 Å². The fraction of sp³-hybridized carbons (Fsp3) is 0.350. The molecule has 0 aliphatic carbocycles. The van der Waals surface area contributed by atoms with E-state index < -0.39 is 11.7 Å². The van der Waals surface area contributed by atoms with E-state index in [1.54, 1.807) is 32.9 Å². The van der Waals surface area contributed by atoms with Crippen LogP contribution in [0, 0.1) is 5.82 Å². The summed E-state index contributed by atoms with van der Waals surface area (Å²) in [6.45, 7) is 5.68. The van der Waals surface area contributed by atoms with Crippen molar-refractivity contribution in [1.29, 1.82) is 0 Å². The Kier molecular flexibility index (Phi) is 7.31. The van der Waals surface area contributed by atoms with Gasteiger partial charge < -0.3 is 20.1 Å². The number of nitrogens with one attached hydrogen (secondary N) is 2. The second-order valence-electron chi connectivity index (χ2n) is 7.02. The molecule has 8 heteroatoms. The van der Waals surface area contributed by atoms with E-state index >= 15 is 0 Å². The Labute approximate surface area is 163 Å². The lowest BCUT2D eigenvalue weighted by atomic mass is 10.2. The number of amides is 2. The molecular formula is C20H24FN3O4. The summed E-state index contributed by atoms with van der Waals surface area (Å²) in [5, 5.41) is 5.32. The first-order valence-electron chi connectivity index (χ1n) is 8.87. The van der Waals surface area contributed by atoms with Crippen LogP contribution in [0.4, 0.5) is 14.9 Å². The van der Waals surface area contributed by atoms with Crippen molar-refractivity contribution in [3.8, 4) is 11.6 Å². The Bertz CT molecular complexity index is 787. The van der Waals surface area contributed by atoms with Crippen LogP contribution in [0.15, 0.2) is 42.6 Å². The van der Waals surface area contributed by atoms with Crippen molar-refractivity contribution in [3.63, 3.8) is 0 Å². The average Bonchev–Trinajstić information content (AvgIpc) is 2.61. The second-order valence-corrected chi connectivity index (χ2v) is 7.02. The first-order chi connectivity index (χ1) is 13.2. The lowest BCUT2D eigenvalue weighted by Crippen LogP contribution is -2.33. The quantitative estimate of drug-likeness (QED) is 0.691. The Balaban J connectivity index is 1.70. The molecule has 0 saturated heterocycles. The largest absolute Gasteiger partial charge is 0.444 e. The van der Waals surface area contributed by atoms with Crippen molar-refractivity contribution in [2.24, 2.45) is 0 Å². The maximum Gasteiger partial charge on any atom is 0.407 e.